The van der Waals surface area contributed by atoms with Crippen molar-refractivity contribution < 1.29 is 29.0 Å². The molecule has 9 heteroatoms. The molecule has 0 aromatic heterocycles. The summed E-state index contributed by atoms with van der Waals surface area (Å²) >= 11 is 0. The fourth-order valence-corrected chi connectivity index (χ4v) is 2.91. The predicted molar refractivity (Wildman–Crippen MR) is 117 cm³/mol. The number of amides is 3. The number of hydrogen-bond donors (Lipinski definition) is 4. The Morgan fingerprint density at radius 1 is 0.968 bits per heavy atom. The summed E-state index contributed by atoms with van der Waals surface area (Å²) in [6, 6.07) is 4.84. The molecule has 1 aromatic rings. The Balaban J connectivity index is 2.82. The van der Waals surface area contributed by atoms with Crippen LogP contribution >= 0.6 is 0 Å². The van der Waals surface area contributed by atoms with Crippen molar-refractivity contribution in [2.24, 2.45) is 5.92 Å². The summed E-state index contributed by atoms with van der Waals surface area (Å²) in [6.45, 7) is 6.74. The zero-order valence-electron chi connectivity index (χ0n) is 18.8. The molecule has 31 heavy (non-hydrogen) atoms. The molecule has 0 saturated heterocycles. The average molecular weight is 438 g/mol. The molecule has 0 aliphatic heterocycles. The van der Waals surface area contributed by atoms with Gasteiger partial charge < -0.3 is 30.5 Å². The molecule has 3 amide bonds. The first kappa shape index (κ1) is 26.4. The Morgan fingerprint density at radius 3 is 2.23 bits per heavy atom. The molecule has 0 aliphatic rings. The molecule has 0 bridgehead atoms. The van der Waals surface area contributed by atoms with Gasteiger partial charge in [-0.3, -0.25) is 14.4 Å². The van der Waals surface area contributed by atoms with Crippen molar-refractivity contribution in [3.05, 3.63) is 29.8 Å². The first-order valence-electron chi connectivity index (χ1n) is 10.4. The molecule has 0 radical (unpaired) electrons. The van der Waals surface area contributed by atoms with Crippen molar-refractivity contribution >= 4 is 17.7 Å². The number of phenols is 1. The summed E-state index contributed by atoms with van der Waals surface area (Å²) in [7, 11) is 1.58. The smallest absolute Gasteiger partial charge is 0.243 e. The van der Waals surface area contributed by atoms with Crippen LogP contribution in [0.2, 0.25) is 0 Å². The summed E-state index contributed by atoms with van der Waals surface area (Å²) in [4.78, 5) is 37.1. The lowest BCUT2D eigenvalue weighted by Gasteiger charge is -2.24. The average Bonchev–Trinajstić information content (AvgIpc) is 2.70. The van der Waals surface area contributed by atoms with Crippen LogP contribution in [-0.2, 0) is 30.3 Å². The molecular formula is C22H35N3O6. The highest BCUT2D eigenvalue weighted by molar-refractivity contribution is 5.91. The van der Waals surface area contributed by atoms with E-state index >= 15 is 0 Å². The highest BCUT2D eigenvalue weighted by atomic mass is 16.5. The number of ether oxygens (including phenoxy) is 2. The van der Waals surface area contributed by atoms with Crippen molar-refractivity contribution in [2.75, 3.05) is 33.5 Å². The van der Waals surface area contributed by atoms with Crippen LogP contribution in [0.4, 0.5) is 0 Å². The Bertz CT molecular complexity index is 693. The van der Waals surface area contributed by atoms with Gasteiger partial charge in [-0.1, -0.05) is 26.0 Å². The van der Waals surface area contributed by atoms with Crippen LogP contribution in [0, 0.1) is 5.92 Å². The highest BCUT2D eigenvalue weighted by Crippen LogP contribution is 2.12. The molecule has 0 saturated carbocycles. The standard InChI is InChI=1S/C22H35N3O6/c1-15(2)13-19(24-16(3)26)22(29)25-20(14-17-5-7-18(27)8-6-17)21(28)23-9-10-31-12-11-30-4/h5-8,15,19-20,27H,9-14H2,1-4H3,(H,23,28)(H,24,26)(H,25,29)/t19-,20+/m1/s1. The normalized spacial score (nSPS) is 12.8. The first-order valence-corrected chi connectivity index (χ1v) is 10.4. The molecule has 2 atom stereocenters. The summed E-state index contributed by atoms with van der Waals surface area (Å²) in [5, 5.41) is 17.7. The summed E-state index contributed by atoms with van der Waals surface area (Å²) in [6.07, 6.45) is 0.684. The van der Waals surface area contributed by atoms with Gasteiger partial charge in [0.1, 0.15) is 17.8 Å². The molecule has 4 N–H and O–H groups in total. The fraction of sp³-hybridized carbons (Fsp3) is 0.591. The van der Waals surface area contributed by atoms with Gasteiger partial charge in [0.05, 0.1) is 19.8 Å². The lowest BCUT2D eigenvalue weighted by atomic mass is 10.0. The zero-order chi connectivity index (χ0) is 23.2. The number of methoxy groups -OCH3 is 1. The van der Waals surface area contributed by atoms with Gasteiger partial charge in [0.25, 0.3) is 0 Å². The van der Waals surface area contributed by atoms with Crippen LogP contribution in [0.1, 0.15) is 32.8 Å². The number of aromatic hydroxyl groups is 1. The molecular weight excluding hydrogens is 402 g/mol. The molecule has 0 aliphatic carbocycles. The Morgan fingerprint density at radius 2 is 1.65 bits per heavy atom. The van der Waals surface area contributed by atoms with E-state index in [2.05, 4.69) is 16.0 Å². The van der Waals surface area contributed by atoms with Crippen molar-refractivity contribution in [3.8, 4) is 5.75 Å². The van der Waals surface area contributed by atoms with Gasteiger partial charge in [-0.05, 0) is 30.0 Å². The summed E-state index contributed by atoms with van der Waals surface area (Å²) in [5.41, 5.74) is 0.773. The number of carbonyl (C=O) groups is 3. The quantitative estimate of drug-likeness (QED) is 0.318. The molecule has 0 fully saturated rings. The van der Waals surface area contributed by atoms with Gasteiger partial charge >= 0.3 is 0 Å². The minimum absolute atomic E-state index is 0.115. The number of benzene rings is 1. The highest BCUT2D eigenvalue weighted by Gasteiger charge is 2.27. The largest absolute Gasteiger partial charge is 0.508 e. The van der Waals surface area contributed by atoms with E-state index in [1.165, 1.54) is 19.1 Å². The number of hydrogen-bond acceptors (Lipinski definition) is 6. The Labute approximate surface area is 183 Å². The van der Waals surface area contributed by atoms with Crippen LogP contribution < -0.4 is 16.0 Å². The zero-order valence-corrected chi connectivity index (χ0v) is 18.8. The van der Waals surface area contributed by atoms with Gasteiger partial charge in [0.15, 0.2) is 0 Å². The number of nitrogens with one attached hydrogen (secondary N) is 3. The van der Waals surface area contributed by atoms with Crippen molar-refractivity contribution in [3.63, 3.8) is 0 Å². The predicted octanol–water partition coefficient (Wildman–Crippen LogP) is 0.750. The van der Waals surface area contributed by atoms with Crippen LogP contribution in [0.15, 0.2) is 24.3 Å². The van der Waals surface area contributed by atoms with Crippen molar-refractivity contribution in [1.29, 1.82) is 0 Å². The van der Waals surface area contributed by atoms with Crippen LogP contribution in [0.25, 0.3) is 0 Å². The van der Waals surface area contributed by atoms with Crippen molar-refractivity contribution in [1.82, 2.24) is 16.0 Å². The molecule has 0 heterocycles. The van der Waals surface area contributed by atoms with E-state index in [9.17, 15) is 19.5 Å². The third-order valence-corrected chi connectivity index (χ3v) is 4.39. The molecule has 1 aromatic carbocycles. The molecule has 0 spiro atoms. The third kappa shape index (κ3) is 11.4. The lowest BCUT2D eigenvalue weighted by Crippen LogP contribution is -2.54. The Hall–Kier alpha value is -2.65. The van der Waals surface area contributed by atoms with E-state index in [1.807, 2.05) is 13.8 Å². The van der Waals surface area contributed by atoms with E-state index in [1.54, 1.807) is 19.2 Å². The van der Waals surface area contributed by atoms with Crippen LogP contribution in [0.3, 0.4) is 0 Å². The molecule has 9 nitrogen and oxygen atoms in total. The SMILES string of the molecule is COCCOCCNC(=O)[C@H](Cc1ccc(O)cc1)NC(=O)[C@@H](CC(C)C)NC(C)=O. The monoisotopic (exact) mass is 437 g/mol. The summed E-state index contributed by atoms with van der Waals surface area (Å²) in [5.74, 6) is -0.795. The first-order chi connectivity index (χ1) is 14.7. The number of rotatable bonds is 14. The second-order valence-corrected chi connectivity index (χ2v) is 7.71. The van der Waals surface area contributed by atoms with E-state index < -0.39 is 18.0 Å². The van der Waals surface area contributed by atoms with Gasteiger partial charge in [-0.2, -0.15) is 0 Å². The second-order valence-electron chi connectivity index (χ2n) is 7.71. The Kier molecular flexibility index (Phi) is 12.2. The van der Waals surface area contributed by atoms with E-state index in [0.29, 0.717) is 26.2 Å². The minimum Gasteiger partial charge on any atom is -0.508 e. The van der Waals surface area contributed by atoms with Crippen LogP contribution in [-0.4, -0.2) is 68.4 Å². The molecule has 1 rings (SSSR count). The lowest BCUT2D eigenvalue weighted by molar-refractivity contribution is -0.132. The second kappa shape index (κ2) is 14.4. The molecule has 0 unspecified atom stereocenters. The van der Waals surface area contributed by atoms with Gasteiger partial charge in [0.2, 0.25) is 17.7 Å². The van der Waals surface area contributed by atoms with Gasteiger partial charge in [-0.25, -0.2) is 0 Å². The maximum Gasteiger partial charge on any atom is 0.243 e. The van der Waals surface area contributed by atoms with E-state index in [0.717, 1.165) is 5.56 Å². The van der Waals surface area contributed by atoms with Crippen molar-refractivity contribution in [2.45, 2.75) is 45.7 Å². The number of phenolic OH excluding ortho intramolecular Hbond substituents is 1. The topological polar surface area (TPSA) is 126 Å². The maximum atomic E-state index is 12.8. The van der Waals surface area contributed by atoms with E-state index in [4.69, 9.17) is 9.47 Å². The van der Waals surface area contributed by atoms with Crippen LogP contribution in [0.5, 0.6) is 5.75 Å². The minimum atomic E-state index is -0.848. The fourth-order valence-electron chi connectivity index (χ4n) is 2.91. The van der Waals surface area contributed by atoms with E-state index in [-0.39, 0.29) is 36.4 Å². The van der Waals surface area contributed by atoms with Gasteiger partial charge in [0, 0.05) is 27.0 Å². The maximum absolute atomic E-state index is 12.8. The summed E-state index contributed by atoms with van der Waals surface area (Å²) < 4.78 is 10.2. The van der Waals surface area contributed by atoms with Gasteiger partial charge in [-0.15, -0.1) is 0 Å². The number of carbonyl (C=O) groups excluding carboxylic acids is 3. The molecule has 174 valence electrons. The third-order valence-electron chi connectivity index (χ3n) is 4.39.